The van der Waals surface area contributed by atoms with Gasteiger partial charge < -0.3 is 0 Å². The van der Waals surface area contributed by atoms with E-state index in [1.807, 2.05) is 24.3 Å². The summed E-state index contributed by atoms with van der Waals surface area (Å²) in [5, 5.41) is 1.03. The van der Waals surface area contributed by atoms with Gasteiger partial charge in [-0.3, -0.25) is 0 Å². The third kappa shape index (κ3) is 5.14. The largest absolute Gasteiger partial charge is 0.220 e. The zero-order chi connectivity index (χ0) is 16.4. The second-order valence-corrected chi connectivity index (χ2v) is 16.9. The van der Waals surface area contributed by atoms with Gasteiger partial charge in [0, 0.05) is 5.39 Å². The van der Waals surface area contributed by atoms with Crippen LogP contribution in [0.15, 0.2) is 24.3 Å². The van der Waals surface area contributed by atoms with Crippen molar-refractivity contribution in [3.8, 4) is 22.9 Å². The van der Waals surface area contributed by atoms with Crippen LogP contribution in [0.1, 0.15) is 11.4 Å². The summed E-state index contributed by atoms with van der Waals surface area (Å²) in [6.07, 6.45) is 0. The molecule has 0 fully saturated rings. The molecule has 0 aliphatic carbocycles. The van der Waals surface area contributed by atoms with Gasteiger partial charge in [-0.15, -0.1) is 11.1 Å². The second-order valence-electron chi connectivity index (χ2n) is 7.44. The van der Waals surface area contributed by atoms with Crippen molar-refractivity contribution < 1.29 is 0 Å². The topological polar surface area (TPSA) is 25.8 Å². The first-order valence-electron chi connectivity index (χ1n) is 7.47. The molecule has 22 heavy (non-hydrogen) atoms. The molecule has 2 heterocycles. The van der Waals surface area contributed by atoms with Crippen molar-refractivity contribution in [2.24, 2.45) is 0 Å². The third-order valence-corrected chi connectivity index (χ3v) is 4.43. The summed E-state index contributed by atoms with van der Waals surface area (Å²) in [5.41, 5.74) is 8.98. The molecule has 0 bridgehead atoms. The van der Waals surface area contributed by atoms with E-state index >= 15 is 0 Å². The lowest BCUT2D eigenvalue weighted by Gasteiger charge is -2.04. The summed E-state index contributed by atoms with van der Waals surface area (Å²) in [4.78, 5) is 9.13. The van der Waals surface area contributed by atoms with Gasteiger partial charge in [0.15, 0.2) is 5.65 Å². The Balaban J connectivity index is 2.42. The van der Waals surface area contributed by atoms with Crippen molar-refractivity contribution >= 4 is 27.2 Å². The lowest BCUT2D eigenvalue weighted by atomic mass is 10.2. The summed E-state index contributed by atoms with van der Waals surface area (Å²) in [5.74, 6) is 6.37. The van der Waals surface area contributed by atoms with Gasteiger partial charge in [0.1, 0.15) is 27.5 Å². The fraction of sp³-hybridized carbons (Fsp3) is 0.333. The van der Waals surface area contributed by atoms with Crippen LogP contribution in [-0.4, -0.2) is 26.1 Å². The highest BCUT2D eigenvalue weighted by Gasteiger charge is 2.09. The maximum Gasteiger partial charge on any atom is 0.161 e. The molecule has 0 unspecified atom stereocenters. The monoisotopic (exact) mass is 322 g/mol. The highest BCUT2D eigenvalue weighted by Crippen LogP contribution is 2.11. The molecule has 2 nitrogen and oxygen atoms in total. The lowest BCUT2D eigenvalue weighted by Crippen LogP contribution is -2.16. The Morgan fingerprint density at radius 3 is 1.45 bits per heavy atom. The standard InChI is InChI=1S/C18H22N2Si2/c1-21(2,3)13-11-16-9-7-15-8-10-17(20-18(15)19-16)12-14-22(4,5)6/h7-10H,1-6H3. The van der Waals surface area contributed by atoms with E-state index in [2.05, 4.69) is 72.2 Å². The molecule has 2 aromatic heterocycles. The summed E-state index contributed by atoms with van der Waals surface area (Å²) in [6, 6.07) is 7.98. The van der Waals surface area contributed by atoms with Crippen LogP contribution >= 0.6 is 0 Å². The van der Waals surface area contributed by atoms with Gasteiger partial charge in [0.25, 0.3) is 0 Å². The van der Waals surface area contributed by atoms with Gasteiger partial charge in [-0.05, 0) is 24.3 Å². The lowest BCUT2D eigenvalue weighted by molar-refractivity contribution is 1.24. The number of pyridine rings is 2. The van der Waals surface area contributed by atoms with Crippen LogP contribution in [0.2, 0.25) is 39.3 Å². The Morgan fingerprint density at radius 1 is 0.682 bits per heavy atom. The van der Waals surface area contributed by atoms with Crippen LogP contribution in [0.4, 0.5) is 0 Å². The molecule has 0 N–H and O–H groups in total. The van der Waals surface area contributed by atoms with E-state index in [0.717, 1.165) is 22.4 Å². The average molecular weight is 323 g/mol. The number of nitrogens with zero attached hydrogens (tertiary/aromatic N) is 2. The molecule has 0 aromatic carbocycles. The molecule has 0 spiro atoms. The van der Waals surface area contributed by atoms with E-state index in [-0.39, 0.29) is 0 Å². The third-order valence-electron chi connectivity index (χ3n) is 2.68. The normalized spacial score (nSPS) is 11.4. The quantitative estimate of drug-likeness (QED) is 0.539. The molecule has 0 saturated carbocycles. The van der Waals surface area contributed by atoms with Crippen molar-refractivity contribution in [3.05, 3.63) is 35.7 Å². The highest BCUT2D eigenvalue weighted by atomic mass is 28.3. The van der Waals surface area contributed by atoms with E-state index < -0.39 is 16.1 Å². The van der Waals surface area contributed by atoms with Gasteiger partial charge in [-0.2, -0.15) is 0 Å². The fourth-order valence-corrected chi connectivity index (χ4v) is 2.65. The summed E-state index contributed by atoms with van der Waals surface area (Å²) in [6.45, 7) is 13.4. The molecular formula is C18H22N2Si2. The number of hydrogen-bond acceptors (Lipinski definition) is 2. The Bertz CT molecular complexity index is 753. The fourth-order valence-electron chi connectivity index (χ4n) is 1.64. The van der Waals surface area contributed by atoms with Gasteiger partial charge in [0.2, 0.25) is 0 Å². The Labute approximate surface area is 135 Å². The molecule has 2 rings (SSSR count). The zero-order valence-corrected chi connectivity index (χ0v) is 16.2. The Kier molecular flexibility index (Phi) is 4.56. The molecule has 112 valence electrons. The highest BCUT2D eigenvalue weighted by molar-refractivity contribution is 6.84. The number of rotatable bonds is 0. The SMILES string of the molecule is C[Si](C)(C)C#Cc1ccc2ccc(C#C[Si](C)(C)C)nc2n1. The predicted octanol–water partition coefficient (Wildman–Crippen LogP) is 4.09. The number of aromatic nitrogens is 2. The zero-order valence-electron chi connectivity index (χ0n) is 14.2. The maximum atomic E-state index is 4.56. The molecule has 0 saturated heterocycles. The van der Waals surface area contributed by atoms with Crippen molar-refractivity contribution in [3.63, 3.8) is 0 Å². The van der Waals surface area contributed by atoms with E-state index in [4.69, 9.17) is 0 Å². The summed E-state index contributed by atoms with van der Waals surface area (Å²) in [7, 11) is -2.78. The van der Waals surface area contributed by atoms with E-state index in [9.17, 15) is 0 Å². The summed E-state index contributed by atoms with van der Waals surface area (Å²) >= 11 is 0. The van der Waals surface area contributed by atoms with Gasteiger partial charge in [-0.1, -0.05) is 51.1 Å². The average Bonchev–Trinajstić information content (AvgIpc) is 2.41. The predicted molar refractivity (Wildman–Crippen MR) is 100.0 cm³/mol. The Hall–Kier alpha value is -1.89. The first-order valence-corrected chi connectivity index (χ1v) is 14.5. The number of fused-ring (bicyclic) bond motifs is 1. The smallest absolute Gasteiger partial charge is 0.161 e. The molecule has 0 atom stereocenters. The molecule has 2 aromatic rings. The minimum atomic E-state index is -1.39. The molecule has 0 radical (unpaired) electrons. The van der Waals surface area contributed by atoms with Crippen molar-refractivity contribution in [1.29, 1.82) is 0 Å². The Morgan fingerprint density at radius 2 is 1.09 bits per heavy atom. The molecule has 0 aliphatic rings. The van der Waals surface area contributed by atoms with Crippen LogP contribution in [0.5, 0.6) is 0 Å². The van der Waals surface area contributed by atoms with Gasteiger partial charge in [-0.25, -0.2) is 9.97 Å². The minimum absolute atomic E-state index is 0.727. The van der Waals surface area contributed by atoms with Crippen LogP contribution < -0.4 is 0 Å². The van der Waals surface area contributed by atoms with E-state index in [0.29, 0.717) is 0 Å². The molecule has 4 heteroatoms. The maximum absolute atomic E-state index is 4.56. The second kappa shape index (κ2) is 6.08. The first kappa shape index (κ1) is 16.5. The van der Waals surface area contributed by atoms with Crippen LogP contribution in [0.25, 0.3) is 11.0 Å². The van der Waals surface area contributed by atoms with Gasteiger partial charge in [0.05, 0.1) is 0 Å². The van der Waals surface area contributed by atoms with Crippen molar-refractivity contribution in [1.82, 2.24) is 9.97 Å². The molecule has 0 aliphatic heterocycles. The van der Waals surface area contributed by atoms with Crippen molar-refractivity contribution in [2.75, 3.05) is 0 Å². The molecule has 0 amide bonds. The van der Waals surface area contributed by atoms with Gasteiger partial charge >= 0.3 is 0 Å². The van der Waals surface area contributed by atoms with E-state index in [1.165, 1.54) is 0 Å². The van der Waals surface area contributed by atoms with Crippen molar-refractivity contribution in [2.45, 2.75) is 39.3 Å². The number of hydrogen-bond donors (Lipinski definition) is 0. The van der Waals surface area contributed by atoms with Crippen LogP contribution in [0.3, 0.4) is 0 Å². The van der Waals surface area contributed by atoms with Crippen LogP contribution in [-0.2, 0) is 0 Å². The van der Waals surface area contributed by atoms with E-state index in [1.54, 1.807) is 0 Å². The molecular weight excluding hydrogens is 300 g/mol. The van der Waals surface area contributed by atoms with Crippen LogP contribution in [0, 0.1) is 22.9 Å². The first-order chi connectivity index (χ1) is 10.1. The summed E-state index contributed by atoms with van der Waals surface area (Å²) < 4.78 is 0. The minimum Gasteiger partial charge on any atom is -0.220 e.